The molecule has 120 valence electrons. The zero-order valence-corrected chi connectivity index (χ0v) is 13.5. The summed E-state index contributed by atoms with van der Waals surface area (Å²) in [5.41, 5.74) is 1.68. The van der Waals surface area contributed by atoms with Gasteiger partial charge >= 0.3 is 0 Å². The van der Waals surface area contributed by atoms with E-state index in [1.807, 2.05) is 37.3 Å². The van der Waals surface area contributed by atoms with E-state index in [2.05, 4.69) is 20.4 Å². The number of carbonyl (C=O) groups excluding carboxylic acids is 1. The molecule has 2 heterocycles. The molecule has 0 unspecified atom stereocenters. The topological polar surface area (TPSA) is 58.1 Å². The minimum atomic E-state index is -0.162. The van der Waals surface area contributed by atoms with Crippen molar-refractivity contribution >= 4 is 17.5 Å². The van der Waals surface area contributed by atoms with Crippen molar-refractivity contribution in [2.24, 2.45) is 0 Å². The number of hydrogen-bond acceptors (Lipinski definition) is 4. The molecule has 0 radical (unpaired) electrons. The summed E-state index contributed by atoms with van der Waals surface area (Å²) >= 11 is 0. The van der Waals surface area contributed by atoms with Crippen LogP contribution in [-0.4, -0.2) is 29.2 Å². The number of nitrogens with zero attached hydrogens (tertiary/aromatic N) is 3. The predicted molar refractivity (Wildman–Crippen MR) is 91.8 cm³/mol. The van der Waals surface area contributed by atoms with Crippen molar-refractivity contribution in [3.05, 3.63) is 47.5 Å². The van der Waals surface area contributed by atoms with Gasteiger partial charge in [0, 0.05) is 18.7 Å². The summed E-state index contributed by atoms with van der Waals surface area (Å²) in [4.78, 5) is 14.5. The van der Waals surface area contributed by atoms with Crippen LogP contribution in [0.25, 0.3) is 0 Å². The summed E-state index contributed by atoms with van der Waals surface area (Å²) in [6.07, 6.45) is 4.98. The molecule has 23 heavy (non-hydrogen) atoms. The largest absolute Gasteiger partial charge is 0.355 e. The average Bonchev–Trinajstić information content (AvgIpc) is 2.85. The molecule has 1 amide bonds. The maximum absolute atomic E-state index is 12.2. The van der Waals surface area contributed by atoms with E-state index in [4.69, 9.17) is 0 Å². The number of amides is 1. The van der Waals surface area contributed by atoms with Gasteiger partial charge in [-0.25, -0.2) is 0 Å². The highest BCUT2D eigenvalue weighted by atomic mass is 16.1. The van der Waals surface area contributed by atoms with E-state index in [9.17, 15) is 4.79 Å². The molecule has 0 spiro atoms. The summed E-state index contributed by atoms with van der Waals surface area (Å²) < 4.78 is 0. The maximum Gasteiger partial charge on any atom is 0.256 e. The minimum Gasteiger partial charge on any atom is -0.355 e. The van der Waals surface area contributed by atoms with Gasteiger partial charge in [-0.3, -0.25) is 4.79 Å². The van der Waals surface area contributed by atoms with Gasteiger partial charge in [0.25, 0.3) is 5.91 Å². The van der Waals surface area contributed by atoms with Crippen LogP contribution in [0.4, 0.5) is 11.6 Å². The second-order valence-electron chi connectivity index (χ2n) is 6.00. The molecule has 0 bridgehead atoms. The van der Waals surface area contributed by atoms with Gasteiger partial charge in [-0.1, -0.05) is 30.5 Å². The van der Waals surface area contributed by atoms with Crippen LogP contribution in [-0.2, 0) is 0 Å². The highest BCUT2D eigenvalue weighted by molar-refractivity contribution is 6.03. The van der Waals surface area contributed by atoms with Crippen LogP contribution >= 0.6 is 0 Å². The van der Waals surface area contributed by atoms with Crippen LogP contribution in [0.5, 0.6) is 0 Å². The molecular formula is C18H22N4O. The molecular weight excluding hydrogens is 288 g/mol. The Labute approximate surface area is 136 Å². The monoisotopic (exact) mass is 310 g/mol. The van der Waals surface area contributed by atoms with Gasteiger partial charge in [-0.2, -0.15) is 0 Å². The van der Waals surface area contributed by atoms with Crippen LogP contribution in [0, 0.1) is 6.92 Å². The lowest BCUT2D eigenvalue weighted by Crippen LogP contribution is -2.25. The van der Waals surface area contributed by atoms with E-state index >= 15 is 0 Å². The smallest absolute Gasteiger partial charge is 0.256 e. The van der Waals surface area contributed by atoms with E-state index in [0.717, 1.165) is 24.5 Å². The molecule has 1 fully saturated rings. The van der Waals surface area contributed by atoms with Crippen LogP contribution in [0.1, 0.15) is 41.6 Å². The van der Waals surface area contributed by atoms with E-state index in [1.54, 1.807) is 6.07 Å². The highest BCUT2D eigenvalue weighted by Gasteiger charge is 2.12. The van der Waals surface area contributed by atoms with Crippen molar-refractivity contribution in [2.45, 2.75) is 32.6 Å². The first kappa shape index (κ1) is 15.5. The van der Waals surface area contributed by atoms with Gasteiger partial charge in [0.15, 0.2) is 11.6 Å². The molecule has 0 atom stereocenters. The Morgan fingerprint density at radius 3 is 2.48 bits per heavy atom. The van der Waals surface area contributed by atoms with Crippen LogP contribution in [0.3, 0.4) is 0 Å². The lowest BCUT2D eigenvalue weighted by molar-refractivity contribution is 0.102. The fraction of sp³-hybridized carbons (Fsp3) is 0.389. The molecule has 1 aromatic carbocycles. The van der Waals surface area contributed by atoms with Crippen LogP contribution in [0.2, 0.25) is 0 Å². The molecule has 5 heteroatoms. The average molecular weight is 310 g/mol. The normalized spacial score (nSPS) is 15.1. The van der Waals surface area contributed by atoms with Crippen molar-refractivity contribution in [1.29, 1.82) is 0 Å². The van der Waals surface area contributed by atoms with Crippen molar-refractivity contribution < 1.29 is 4.79 Å². The molecule has 2 aromatic rings. The third-order valence-electron chi connectivity index (χ3n) is 4.10. The summed E-state index contributed by atoms with van der Waals surface area (Å²) in [7, 11) is 0. The molecule has 1 aliphatic heterocycles. The van der Waals surface area contributed by atoms with Gasteiger partial charge in [0.05, 0.1) is 0 Å². The van der Waals surface area contributed by atoms with Gasteiger partial charge in [0.1, 0.15) is 0 Å². The van der Waals surface area contributed by atoms with E-state index in [0.29, 0.717) is 11.4 Å². The van der Waals surface area contributed by atoms with E-state index < -0.39 is 0 Å². The first-order chi connectivity index (χ1) is 11.2. The lowest BCUT2D eigenvalue weighted by Gasteiger charge is -2.20. The first-order valence-corrected chi connectivity index (χ1v) is 8.19. The molecule has 1 saturated heterocycles. The van der Waals surface area contributed by atoms with Gasteiger partial charge < -0.3 is 10.2 Å². The van der Waals surface area contributed by atoms with Crippen molar-refractivity contribution in [1.82, 2.24) is 10.2 Å². The third-order valence-corrected chi connectivity index (χ3v) is 4.10. The van der Waals surface area contributed by atoms with Crippen LogP contribution < -0.4 is 10.2 Å². The minimum absolute atomic E-state index is 0.162. The second-order valence-corrected chi connectivity index (χ2v) is 6.00. The Balaban J connectivity index is 1.66. The fourth-order valence-corrected chi connectivity index (χ4v) is 2.84. The SMILES string of the molecule is Cc1cccc(C(=O)Nc2ccc(N3CCCCCC3)nn2)c1. The number of rotatable bonds is 3. The summed E-state index contributed by atoms with van der Waals surface area (Å²) in [5, 5.41) is 11.2. The number of aromatic nitrogens is 2. The molecule has 0 saturated carbocycles. The Bertz CT molecular complexity index is 661. The number of benzene rings is 1. The highest BCUT2D eigenvalue weighted by Crippen LogP contribution is 2.17. The van der Waals surface area contributed by atoms with E-state index in [1.165, 1.54) is 25.7 Å². The molecule has 1 N–H and O–H groups in total. The summed E-state index contributed by atoms with van der Waals surface area (Å²) in [5.74, 6) is 1.21. The number of carbonyl (C=O) groups is 1. The summed E-state index contributed by atoms with van der Waals surface area (Å²) in [6, 6.07) is 11.2. The molecule has 1 aromatic heterocycles. The summed E-state index contributed by atoms with van der Waals surface area (Å²) in [6.45, 7) is 4.03. The number of nitrogens with one attached hydrogen (secondary N) is 1. The van der Waals surface area contributed by atoms with Gasteiger partial charge in [0.2, 0.25) is 0 Å². The zero-order chi connectivity index (χ0) is 16.1. The standard InChI is InChI=1S/C18H22N4O/c1-14-7-6-8-15(13-14)18(23)19-16-9-10-17(21-20-16)22-11-4-2-3-5-12-22/h6-10,13H,2-5,11-12H2,1H3,(H,19,20,23). The maximum atomic E-state index is 12.2. The van der Waals surface area contributed by atoms with Crippen molar-refractivity contribution in [3.8, 4) is 0 Å². The third kappa shape index (κ3) is 4.06. The van der Waals surface area contributed by atoms with E-state index in [-0.39, 0.29) is 5.91 Å². The first-order valence-electron chi connectivity index (χ1n) is 8.19. The molecule has 1 aliphatic rings. The van der Waals surface area contributed by atoms with Gasteiger partial charge in [-0.15, -0.1) is 10.2 Å². The lowest BCUT2D eigenvalue weighted by atomic mass is 10.1. The zero-order valence-electron chi connectivity index (χ0n) is 13.5. The molecule has 3 rings (SSSR count). The Kier molecular flexibility index (Phi) is 4.86. The Morgan fingerprint density at radius 2 is 1.83 bits per heavy atom. The van der Waals surface area contributed by atoms with Gasteiger partial charge in [-0.05, 0) is 44.0 Å². The predicted octanol–water partition coefficient (Wildman–Crippen LogP) is 3.42. The van der Waals surface area contributed by atoms with Crippen molar-refractivity contribution in [3.63, 3.8) is 0 Å². The molecule has 5 nitrogen and oxygen atoms in total. The second kappa shape index (κ2) is 7.22. The fourth-order valence-electron chi connectivity index (χ4n) is 2.84. The Morgan fingerprint density at radius 1 is 1.04 bits per heavy atom. The number of anilines is 2. The Hall–Kier alpha value is -2.43. The number of aryl methyl sites for hydroxylation is 1. The molecule has 0 aliphatic carbocycles. The van der Waals surface area contributed by atoms with Crippen molar-refractivity contribution in [2.75, 3.05) is 23.3 Å². The van der Waals surface area contributed by atoms with Crippen LogP contribution in [0.15, 0.2) is 36.4 Å². The quantitative estimate of drug-likeness (QED) is 0.943. The number of hydrogen-bond donors (Lipinski definition) is 1.